The van der Waals surface area contributed by atoms with Crippen LogP contribution in [0.15, 0.2) is 48.5 Å². The second kappa shape index (κ2) is 10.2. The minimum absolute atomic E-state index is 0.0631. The van der Waals surface area contributed by atoms with Crippen molar-refractivity contribution in [3.05, 3.63) is 59.7 Å². The molecule has 2 aliphatic rings. The number of hydrogen-bond acceptors (Lipinski definition) is 4. The van der Waals surface area contributed by atoms with Crippen LogP contribution in [-0.2, 0) is 11.2 Å². The lowest BCUT2D eigenvalue weighted by atomic mass is 9.90. The molecule has 0 aliphatic carbocycles. The summed E-state index contributed by atoms with van der Waals surface area (Å²) in [5.41, 5.74) is 2.47. The molecule has 1 amide bonds. The van der Waals surface area contributed by atoms with Crippen molar-refractivity contribution in [1.29, 1.82) is 0 Å². The molecule has 0 bridgehead atoms. The van der Waals surface area contributed by atoms with Crippen molar-refractivity contribution in [1.82, 2.24) is 9.80 Å². The summed E-state index contributed by atoms with van der Waals surface area (Å²) in [6, 6.07) is 16.7. The predicted octanol–water partition coefficient (Wildman–Crippen LogP) is 4.32. The van der Waals surface area contributed by atoms with Crippen LogP contribution in [0.3, 0.4) is 0 Å². The Morgan fingerprint density at radius 2 is 1.74 bits per heavy atom. The molecule has 2 aromatic rings. The lowest BCUT2D eigenvalue weighted by molar-refractivity contribution is -0.133. The first-order valence-corrected chi connectivity index (χ1v) is 11.5. The molecule has 5 heteroatoms. The monoisotopic (exact) mass is 422 g/mol. The van der Waals surface area contributed by atoms with Crippen molar-refractivity contribution in [3.8, 4) is 11.5 Å². The van der Waals surface area contributed by atoms with Crippen molar-refractivity contribution < 1.29 is 14.3 Å². The molecule has 0 aromatic heterocycles. The molecule has 2 fully saturated rings. The first-order chi connectivity index (χ1) is 15.2. The van der Waals surface area contributed by atoms with Crippen LogP contribution in [0.2, 0.25) is 0 Å². The molecule has 166 valence electrons. The molecular formula is C26H34N2O3. The van der Waals surface area contributed by atoms with Gasteiger partial charge in [-0.1, -0.05) is 30.3 Å². The number of carbonyl (C=O) groups excluding carboxylic acids is 1. The van der Waals surface area contributed by atoms with Crippen molar-refractivity contribution in [2.45, 2.75) is 38.1 Å². The standard InChI is InChI=1S/C26H34N2O3/c1-30-22-10-11-25(31-2)23(18-22)24-9-6-14-28(24)26(29)19-27-15-12-21(13-16-27)17-20-7-4-3-5-8-20/h3-5,7-8,10-11,18,21,24H,6,9,12-17,19H2,1-2H3/t24-/m0/s1. The number of rotatable bonds is 7. The average Bonchev–Trinajstić information content (AvgIpc) is 3.30. The summed E-state index contributed by atoms with van der Waals surface area (Å²) >= 11 is 0. The maximum absolute atomic E-state index is 13.2. The van der Waals surface area contributed by atoms with E-state index < -0.39 is 0 Å². The zero-order valence-corrected chi connectivity index (χ0v) is 18.8. The van der Waals surface area contributed by atoms with Crippen LogP contribution in [-0.4, -0.2) is 56.1 Å². The molecule has 2 saturated heterocycles. The minimum atomic E-state index is 0.0631. The van der Waals surface area contributed by atoms with Crippen molar-refractivity contribution in [2.24, 2.45) is 5.92 Å². The summed E-state index contributed by atoms with van der Waals surface area (Å²) in [4.78, 5) is 17.6. The molecule has 0 unspecified atom stereocenters. The number of ether oxygens (including phenoxy) is 2. The Balaban J connectivity index is 1.34. The van der Waals surface area contributed by atoms with Crippen LogP contribution < -0.4 is 9.47 Å². The van der Waals surface area contributed by atoms with E-state index in [4.69, 9.17) is 9.47 Å². The number of hydrogen-bond donors (Lipinski definition) is 0. The van der Waals surface area contributed by atoms with Crippen molar-refractivity contribution in [3.63, 3.8) is 0 Å². The van der Waals surface area contributed by atoms with Gasteiger partial charge in [-0.3, -0.25) is 9.69 Å². The normalized spacial score (nSPS) is 20.1. The number of methoxy groups -OCH3 is 2. The molecule has 0 radical (unpaired) electrons. The lowest BCUT2D eigenvalue weighted by Gasteiger charge is -2.34. The molecule has 4 rings (SSSR count). The average molecular weight is 423 g/mol. The second-order valence-corrected chi connectivity index (χ2v) is 8.76. The molecule has 2 aliphatic heterocycles. The highest BCUT2D eigenvalue weighted by atomic mass is 16.5. The van der Waals surface area contributed by atoms with Gasteiger partial charge in [-0.05, 0) is 74.9 Å². The van der Waals surface area contributed by atoms with Gasteiger partial charge in [-0.2, -0.15) is 0 Å². The SMILES string of the molecule is COc1ccc(OC)c([C@@H]2CCCN2C(=O)CN2CCC(Cc3ccccc3)CC2)c1. The Kier molecular flexibility index (Phi) is 7.13. The van der Waals surface area contributed by atoms with Crippen LogP contribution in [0, 0.1) is 5.92 Å². The Bertz CT molecular complexity index is 862. The van der Waals surface area contributed by atoms with E-state index in [0.717, 1.165) is 68.8 Å². The number of piperidine rings is 1. The van der Waals surface area contributed by atoms with Crippen molar-refractivity contribution >= 4 is 5.91 Å². The van der Waals surface area contributed by atoms with Gasteiger partial charge in [0.15, 0.2) is 0 Å². The van der Waals surface area contributed by atoms with Crippen LogP contribution in [0.5, 0.6) is 11.5 Å². The van der Waals surface area contributed by atoms with Crippen LogP contribution in [0.25, 0.3) is 0 Å². The molecule has 2 heterocycles. The molecule has 2 aromatic carbocycles. The van der Waals surface area contributed by atoms with E-state index in [0.29, 0.717) is 12.5 Å². The van der Waals surface area contributed by atoms with E-state index >= 15 is 0 Å². The van der Waals surface area contributed by atoms with Gasteiger partial charge in [-0.15, -0.1) is 0 Å². The Morgan fingerprint density at radius 3 is 2.45 bits per heavy atom. The third-order valence-corrected chi connectivity index (χ3v) is 6.80. The zero-order chi connectivity index (χ0) is 21.6. The number of benzene rings is 2. The molecule has 5 nitrogen and oxygen atoms in total. The summed E-state index contributed by atoms with van der Waals surface area (Å²) in [6.07, 6.45) is 5.46. The Labute approximate surface area is 185 Å². The summed E-state index contributed by atoms with van der Waals surface area (Å²) in [7, 11) is 3.36. The van der Waals surface area contributed by atoms with Gasteiger partial charge < -0.3 is 14.4 Å². The third kappa shape index (κ3) is 5.21. The van der Waals surface area contributed by atoms with Gasteiger partial charge in [0.05, 0.1) is 26.8 Å². The maximum atomic E-state index is 13.2. The van der Waals surface area contributed by atoms with Gasteiger partial charge in [0.25, 0.3) is 0 Å². The Morgan fingerprint density at radius 1 is 0.968 bits per heavy atom. The molecule has 0 saturated carbocycles. The molecule has 0 spiro atoms. The zero-order valence-electron chi connectivity index (χ0n) is 18.8. The number of likely N-dealkylation sites (tertiary alicyclic amines) is 2. The first kappa shape index (κ1) is 21.7. The van der Waals surface area contributed by atoms with E-state index in [1.807, 2.05) is 23.1 Å². The largest absolute Gasteiger partial charge is 0.497 e. The van der Waals surface area contributed by atoms with E-state index in [2.05, 4.69) is 35.2 Å². The molecular weight excluding hydrogens is 388 g/mol. The molecule has 0 N–H and O–H groups in total. The lowest BCUT2D eigenvalue weighted by Crippen LogP contribution is -2.43. The fraction of sp³-hybridized carbons (Fsp3) is 0.500. The number of carbonyl (C=O) groups is 1. The fourth-order valence-corrected chi connectivity index (χ4v) is 5.07. The number of nitrogens with zero attached hydrogens (tertiary/aromatic N) is 2. The minimum Gasteiger partial charge on any atom is -0.497 e. The highest BCUT2D eigenvalue weighted by molar-refractivity contribution is 5.79. The van der Waals surface area contributed by atoms with E-state index in [-0.39, 0.29) is 11.9 Å². The number of amides is 1. The summed E-state index contributed by atoms with van der Waals surface area (Å²) in [6.45, 7) is 3.34. The smallest absolute Gasteiger partial charge is 0.237 e. The quantitative estimate of drug-likeness (QED) is 0.666. The first-order valence-electron chi connectivity index (χ1n) is 11.5. The molecule has 1 atom stereocenters. The molecule has 31 heavy (non-hydrogen) atoms. The second-order valence-electron chi connectivity index (χ2n) is 8.76. The maximum Gasteiger partial charge on any atom is 0.237 e. The fourth-order valence-electron chi connectivity index (χ4n) is 5.07. The summed E-state index contributed by atoms with van der Waals surface area (Å²) < 4.78 is 11.0. The van der Waals surface area contributed by atoms with E-state index in [1.165, 1.54) is 5.56 Å². The van der Waals surface area contributed by atoms with Crippen molar-refractivity contribution in [2.75, 3.05) is 40.4 Å². The van der Waals surface area contributed by atoms with Gasteiger partial charge in [0.1, 0.15) is 11.5 Å². The van der Waals surface area contributed by atoms with Gasteiger partial charge in [0.2, 0.25) is 5.91 Å². The van der Waals surface area contributed by atoms with E-state index in [1.54, 1.807) is 14.2 Å². The topological polar surface area (TPSA) is 42.0 Å². The summed E-state index contributed by atoms with van der Waals surface area (Å²) in [5, 5.41) is 0. The van der Waals surface area contributed by atoms with Gasteiger partial charge >= 0.3 is 0 Å². The van der Waals surface area contributed by atoms with Crippen LogP contribution in [0.4, 0.5) is 0 Å². The van der Waals surface area contributed by atoms with Gasteiger partial charge in [0, 0.05) is 12.1 Å². The highest BCUT2D eigenvalue weighted by Gasteiger charge is 2.33. The van der Waals surface area contributed by atoms with Crippen LogP contribution >= 0.6 is 0 Å². The predicted molar refractivity (Wildman–Crippen MR) is 123 cm³/mol. The highest BCUT2D eigenvalue weighted by Crippen LogP contribution is 2.39. The Hall–Kier alpha value is -2.53. The van der Waals surface area contributed by atoms with Gasteiger partial charge in [-0.25, -0.2) is 0 Å². The van der Waals surface area contributed by atoms with E-state index in [9.17, 15) is 4.79 Å². The third-order valence-electron chi connectivity index (χ3n) is 6.80. The van der Waals surface area contributed by atoms with Crippen LogP contribution in [0.1, 0.15) is 42.9 Å². The summed E-state index contributed by atoms with van der Waals surface area (Å²) in [5.74, 6) is 2.58.